The molecule has 0 spiro atoms. The molecule has 0 aromatic heterocycles. The van der Waals surface area contributed by atoms with Crippen LogP contribution in [-0.2, 0) is 0 Å². The summed E-state index contributed by atoms with van der Waals surface area (Å²) in [6, 6.07) is 0. The molecule has 0 aromatic rings. The summed E-state index contributed by atoms with van der Waals surface area (Å²) in [5.41, 5.74) is 0. The zero-order chi connectivity index (χ0) is 10.7. The standard InChI is InChI=1S/C9H21NS.C2H6/c1-4-6-7-9(3,11)10-8-5-2;1-2/h10-11H,4-8H2,1-3H3;1-2H3/t9-;/m0./s1. The van der Waals surface area contributed by atoms with E-state index in [4.69, 9.17) is 0 Å². The maximum absolute atomic E-state index is 4.54. The average Bonchev–Trinajstić information content (AvgIpc) is 2.15. The normalized spacial score (nSPS) is 14.3. The summed E-state index contributed by atoms with van der Waals surface area (Å²) in [6.07, 6.45) is 4.86. The van der Waals surface area contributed by atoms with Gasteiger partial charge in [-0.3, -0.25) is 0 Å². The summed E-state index contributed by atoms with van der Waals surface area (Å²) >= 11 is 4.54. The van der Waals surface area contributed by atoms with Crippen LogP contribution in [0.4, 0.5) is 0 Å². The maximum atomic E-state index is 4.54. The van der Waals surface area contributed by atoms with Crippen molar-refractivity contribution in [2.24, 2.45) is 0 Å². The van der Waals surface area contributed by atoms with Crippen molar-refractivity contribution in [1.29, 1.82) is 0 Å². The van der Waals surface area contributed by atoms with E-state index < -0.39 is 0 Å². The summed E-state index contributed by atoms with van der Waals surface area (Å²) in [5.74, 6) is 0. The van der Waals surface area contributed by atoms with Crippen LogP contribution < -0.4 is 5.32 Å². The first-order valence-corrected chi connectivity index (χ1v) is 6.04. The van der Waals surface area contributed by atoms with Gasteiger partial charge in [0.1, 0.15) is 0 Å². The monoisotopic (exact) mass is 205 g/mol. The predicted molar refractivity (Wildman–Crippen MR) is 66.6 cm³/mol. The summed E-state index contributed by atoms with van der Waals surface area (Å²) in [7, 11) is 0. The van der Waals surface area contributed by atoms with E-state index in [2.05, 4.69) is 38.7 Å². The molecule has 0 bridgehead atoms. The summed E-state index contributed by atoms with van der Waals surface area (Å²) in [4.78, 5) is 0.0476. The molecule has 0 aliphatic rings. The maximum Gasteiger partial charge on any atom is 0.0587 e. The van der Waals surface area contributed by atoms with Crippen molar-refractivity contribution in [3.8, 4) is 0 Å². The molecule has 0 fully saturated rings. The van der Waals surface area contributed by atoms with E-state index in [1.807, 2.05) is 13.8 Å². The highest BCUT2D eigenvalue weighted by Gasteiger charge is 2.15. The molecule has 1 atom stereocenters. The van der Waals surface area contributed by atoms with Gasteiger partial charge in [0.05, 0.1) is 4.87 Å². The Morgan fingerprint density at radius 1 is 1.15 bits per heavy atom. The molecule has 0 heterocycles. The van der Waals surface area contributed by atoms with E-state index in [0.29, 0.717) is 0 Å². The first-order chi connectivity index (χ1) is 6.12. The Labute approximate surface area is 90.1 Å². The van der Waals surface area contributed by atoms with E-state index in [0.717, 1.165) is 13.0 Å². The fraction of sp³-hybridized carbons (Fsp3) is 1.00. The Balaban J connectivity index is 0. The topological polar surface area (TPSA) is 12.0 Å². The summed E-state index contributed by atoms with van der Waals surface area (Å²) < 4.78 is 0. The largest absolute Gasteiger partial charge is 0.303 e. The zero-order valence-electron chi connectivity index (χ0n) is 9.98. The molecule has 0 aromatic carbocycles. The van der Waals surface area contributed by atoms with Gasteiger partial charge >= 0.3 is 0 Å². The molecule has 13 heavy (non-hydrogen) atoms. The lowest BCUT2D eigenvalue weighted by Gasteiger charge is -2.24. The Morgan fingerprint density at radius 2 is 1.69 bits per heavy atom. The molecule has 0 saturated carbocycles. The molecule has 0 amide bonds. The Bertz CT molecular complexity index is 82.1. The van der Waals surface area contributed by atoms with Crippen LogP contribution in [0.2, 0.25) is 0 Å². The number of hydrogen-bond acceptors (Lipinski definition) is 2. The minimum Gasteiger partial charge on any atom is -0.303 e. The van der Waals surface area contributed by atoms with Crippen molar-refractivity contribution in [3.63, 3.8) is 0 Å². The molecule has 0 saturated heterocycles. The van der Waals surface area contributed by atoms with Crippen molar-refractivity contribution < 1.29 is 0 Å². The van der Waals surface area contributed by atoms with Gasteiger partial charge < -0.3 is 5.32 Å². The van der Waals surface area contributed by atoms with E-state index in [1.165, 1.54) is 19.3 Å². The minimum atomic E-state index is 0.0476. The quantitative estimate of drug-likeness (QED) is 0.496. The van der Waals surface area contributed by atoms with Gasteiger partial charge in [0.25, 0.3) is 0 Å². The summed E-state index contributed by atoms with van der Waals surface area (Å²) in [6.45, 7) is 11.6. The van der Waals surface area contributed by atoms with E-state index in [1.54, 1.807) is 0 Å². The van der Waals surface area contributed by atoms with Gasteiger partial charge in [-0.05, 0) is 26.3 Å². The molecule has 0 radical (unpaired) electrons. The van der Waals surface area contributed by atoms with Gasteiger partial charge in [0.2, 0.25) is 0 Å². The third-order valence-electron chi connectivity index (χ3n) is 1.77. The van der Waals surface area contributed by atoms with Crippen LogP contribution in [0.5, 0.6) is 0 Å². The fourth-order valence-electron chi connectivity index (χ4n) is 1.00. The van der Waals surface area contributed by atoms with E-state index in [9.17, 15) is 0 Å². The number of rotatable bonds is 6. The molecular weight excluding hydrogens is 178 g/mol. The summed E-state index contributed by atoms with van der Waals surface area (Å²) in [5, 5.41) is 3.41. The smallest absolute Gasteiger partial charge is 0.0587 e. The van der Waals surface area contributed by atoms with Gasteiger partial charge in [0.15, 0.2) is 0 Å². The van der Waals surface area contributed by atoms with Gasteiger partial charge in [0, 0.05) is 0 Å². The third kappa shape index (κ3) is 12.3. The zero-order valence-corrected chi connectivity index (χ0v) is 10.9. The van der Waals surface area contributed by atoms with Crippen LogP contribution in [0.3, 0.4) is 0 Å². The number of thiol groups is 1. The van der Waals surface area contributed by atoms with Crippen molar-refractivity contribution in [3.05, 3.63) is 0 Å². The minimum absolute atomic E-state index is 0.0476. The van der Waals surface area contributed by atoms with Crippen LogP contribution in [0, 0.1) is 0 Å². The Hall–Kier alpha value is 0.310. The van der Waals surface area contributed by atoms with Crippen LogP contribution in [0.25, 0.3) is 0 Å². The van der Waals surface area contributed by atoms with E-state index >= 15 is 0 Å². The lowest BCUT2D eigenvalue weighted by atomic mass is 10.1. The highest BCUT2D eigenvalue weighted by molar-refractivity contribution is 7.81. The predicted octanol–water partition coefficient (Wildman–Crippen LogP) is 3.85. The second kappa shape index (κ2) is 10.4. The molecule has 0 unspecified atom stereocenters. The molecule has 1 nitrogen and oxygen atoms in total. The lowest BCUT2D eigenvalue weighted by Crippen LogP contribution is -2.37. The second-order valence-electron chi connectivity index (χ2n) is 3.30. The molecule has 0 aliphatic heterocycles. The van der Waals surface area contributed by atoms with Crippen LogP contribution in [0.15, 0.2) is 0 Å². The van der Waals surface area contributed by atoms with Crippen molar-refractivity contribution in [2.75, 3.05) is 6.54 Å². The molecule has 1 N–H and O–H groups in total. The van der Waals surface area contributed by atoms with Gasteiger partial charge in [-0.25, -0.2) is 0 Å². The van der Waals surface area contributed by atoms with Gasteiger partial charge in [-0.2, -0.15) is 12.6 Å². The molecule has 0 rings (SSSR count). The third-order valence-corrected chi connectivity index (χ3v) is 2.15. The number of unbranched alkanes of at least 4 members (excludes halogenated alkanes) is 1. The second-order valence-corrected chi connectivity index (χ2v) is 4.29. The fourth-order valence-corrected chi connectivity index (χ4v) is 1.27. The van der Waals surface area contributed by atoms with Gasteiger partial charge in [-0.15, -0.1) is 0 Å². The average molecular weight is 205 g/mol. The van der Waals surface area contributed by atoms with Crippen molar-refractivity contribution >= 4 is 12.6 Å². The van der Waals surface area contributed by atoms with Crippen LogP contribution in [-0.4, -0.2) is 11.4 Å². The van der Waals surface area contributed by atoms with Crippen molar-refractivity contribution in [1.82, 2.24) is 5.32 Å². The first-order valence-electron chi connectivity index (χ1n) is 5.59. The van der Waals surface area contributed by atoms with E-state index in [-0.39, 0.29) is 4.87 Å². The highest BCUT2D eigenvalue weighted by Crippen LogP contribution is 2.17. The van der Waals surface area contributed by atoms with Gasteiger partial charge in [-0.1, -0.05) is 40.5 Å². The molecule has 0 aliphatic carbocycles. The first kappa shape index (κ1) is 15.8. The molecular formula is C11H27NS. The van der Waals surface area contributed by atoms with Crippen molar-refractivity contribution in [2.45, 2.75) is 65.2 Å². The SMILES string of the molecule is CC.CCCC[C@](C)(S)NCCC. The lowest BCUT2D eigenvalue weighted by molar-refractivity contribution is 0.457. The molecule has 82 valence electrons. The molecule has 2 heteroatoms. The Kier molecular flexibility index (Phi) is 12.6. The Morgan fingerprint density at radius 3 is 2.08 bits per heavy atom. The van der Waals surface area contributed by atoms with Crippen LogP contribution >= 0.6 is 12.6 Å². The van der Waals surface area contributed by atoms with Crippen LogP contribution in [0.1, 0.15) is 60.3 Å². The number of hydrogen-bond donors (Lipinski definition) is 2. The number of nitrogens with one attached hydrogen (secondary N) is 1. The highest BCUT2D eigenvalue weighted by atomic mass is 32.1.